The highest BCUT2D eigenvalue weighted by Crippen LogP contribution is 2.24. The van der Waals surface area contributed by atoms with Crippen molar-refractivity contribution < 1.29 is 22.6 Å². The number of benzene rings is 2. The number of nitrogens with zero attached hydrogens (tertiary/aromatic N) is 3. The minimum absolute atomic E-state index is 0.148. The second-order valence-corrected chi connectivity index (χ2v) is 11.1. The molecule has 0 aliphatic heterocycles. The third kappa shape index (κ3) is 8.40. The highest BCUT2D eigenvalue weighted by molar-refractivity contribution is 9.10. The lowest BCUT2D eigenvalue weighted by molar-refractivity contribution is -0.387. The molecule has 0 radical (unpaired) electrons. The molecule has 14 heteroatoms. The number of nitrogens with one attached hydrogen (secondary N) is 2. The maximum Gasteiger partial charge on any atom is 0.289 e. The van der Waals surface area contributed by atoms with E-state index in [2.05, 4.69) is 36.2 Å². The van der Waals surface area contributed by atoms with Crippen LogP contribution in [0.25, 0.3) is 11.5 Å². The van der Waals surface area contributed by atoms with E-state index in [0.29, 0.717) is 24.1 Å². The van der Waals surface area contributed by atoms with Gasteiger partial charge in [-0.1, -0.05) is 52.7 Å². The molecule has 0 aliphatic rings. The predicted octanol–water partition coefficient (Wildman–Crippen LogP) is 4.15. The van der Waals surface area contributed by atoms with E-state index in [1.807, 2.05) is 24.3 Å². The predicted molar refractivity (Wildman–Crippen MR) is 138 cm³/mol. The molecule has 0 bridgehead atoms. The molecule has 192 valence electrons. The molecule has 0 spiro atoms. The van der Waals surface area contributed by atoms with E-state index in [1.165, 1.54) is 18.2 Å². The number of halogens is 1. The first-order chi connectivity index (χ1) is 17.3. The van der Waals surface area contributed by atoms with Gasteiger partial charge in [0, 0.05) is 29.2 Å². The van der Waals surface area contributed by atoms with Crippen LogP contribution in [0.2, 0.25) is 0 Å². The Kier molecular flexibility index (Phi) is 10.4. The summed E-state index contributed by atoms with van der Waals surface area (Å²) in [6.45, 7) is 0.666. The molecular formula is C22H24BrN5O6S2. The molecule has 1 heterocycles. The molecule has 0 saturated carbocycles. The minimum Gasteiger partial charge on any atom is -0.411 e. The van der Waals surface area contributed by atoms with Gasteiger partial charge in [0.25, 0.3) is 10.9 Å². The van der Waals surface area contributed by atoms with Crippen LogP contribution in [0.15, 0.2) is 67.5 Å². The Labute approximate surface area is 220 Å². The number of hydrogen-bond acceptors (Lipinski definition) is 9. The fourth-order valence-electron chi connectivity index (χ4n) is 3.11. The van der Waals surface area contributed by atoms with E-state index in [4.69, 9.17) is 4.42 Å². The molecule has 2 aromatic carbocycles. The molecule has 3 rings (SSSR count). The Morgan fingerprint density at radius 3 is 2.44 bits per heavy atom. The molecule has 0 fully saturated rings. The SMILES string of the molecule is O=C(CSc1nnc(-c2ccc(Br)cc2)o1)NCCCCCCNS(=O)(=O)c1ccccc1[N+](=O)[O-]. The van der Waals surface area contributed by atoms with Gasteiger partial charge in [-0.3, -0.25) is 14.9 Å². The zero-order valence-electron chi connectivity index (χ0n) is 19.1. The van der Waals surface area contributed by atoms with Crippen LogP contribution in [0, 0.1) is 10.1 Å². The summed E-state index contributed by atoms with van der Waals surface area (Å²) in [6, 6.07) is 12.7. The molecule has 36 heavy (non-hydrogen) atoms. The first-order valence-corrected chi connectivity index (χ1v) is 14.2. The number of aromatic nitrogens is 2. The molecule has 2 N–H and O–H groups in total. The van der Waals surface area contributed by atoms with Crippen LogP contribution < -0.4 is 10.0 Å². The quantitative estimate of drug-likeness (QED) is 0.120. The van der Waals surface area contributed by atoms with Crippen LogP contribution in [0.1, 0.15) is 25.7 Å². The number of nitro groups is 1. The van der Waals surface area contributed by atoms with Gasteiger partial charge in [-0.25, -0.2) is 13.1 Å². The zero-order chi connectivity index (χ0) is 26.0. The van der Waals surface area contributed by atoms with E-state index >= 15 is 0 Å². The molecule has 0 atom stereocenters. The molecule has 1 aromatic heterocycles. The van der Waals surface area contributed by atoms with Crippen molar-refractivity contribution in [3.63, 3.8) is 0 Å². The van der Waals surface area contributed by atoms with Crippen molar-refractivity contribution in [1.29, 1.82) is 0 Å². The summed E-state index contributed by atoms with van der Waals surface area (Å²) < 4.78 is 33.6. The summed E-state index contributed by atoms with van der Waals surface area (Å²) >= 11 is 4.52. The molecule has 1 amide bonds. The van der Waals surface area contributed by atoms with Crippen molar-refractivity contribution in [2.45, 2.75) is 35.8 Å². The second-order valence-electron chi connectivity index (χ2n) is 7.56. The van der Waals surface area contributed by atoms with Gasteiger partial charge in [0.05, 0.1) is 10.7 Å². The lowest BCUT2D eigenvalue weighted by atomic mass is 10.2. The summed E-state index contributed by atoms with van der Waals surface area (Å²) in [7, 11) is -3.96. The zero-order valence-corrected chi connectivity index (χ0v) is 22.3. The van der Waals surface area contributed by atoms with Gasteiger partial charge in [-0.15, -0.1) is 10.2 Å². The van der Waals surface area contributed by atoms with Crippen molar-refractivity contribution in [3.8, 4) is 11.5 Å². The standard InChI is InChI=1S/C22H24BrN5O6S2/c23-17-11-9-16(10-12-17)21-26-27-22(34-21)35-15-20(29)24-13-5-1-2-6-14-25-36(32,33)19-8-4-3-7-18(19)28(30)31/h3-4,7-12,25H,1-2,5-6,13-15H2,(H,24,29). The summed E-state index contributed by atoms with van der Waals surface area (Å²) in [5.41, 5.74) is 0.333. The van der Waals surface area contributed by atoms with Crippen molar-refractivity contribution in [1.82, 2.24) is 20.2 Å². The molecule has 3 aromatic rings. The van der Waals surface area contributed by atoms with E-state index < -0.39 is 20.6 Å². The first-order valence-electron chi connectivity index (χ1n) is 11.0. The van der Waals surface area contributed by atoms with Gasteiger partial charge in [0.15, 0.2) is 4.90 Å². The summed E-state index contributed by atoms with van der Waals surface area (Å²) in [5, 5.41) is 22.1. The smallest absolute Gasteiger partial charge is 0.289 e. The number of carbonyl (C=O) groups excluding carboxylic acids is 1. The van der Waals surface area contributed by atoms with Crippen molar-refractivity contribution in [2.75, 3.05) is 18.8 Å². The lowest BCUT2D eigenvalue weighted by Gasteiger charge is -2.07. The number of nitro benzene ring substituents is 1. The van der Waals surface area contributed by atoms with Crippen LogP contribution in [-0.4, -0.2) is 48.3 Å². The first kappa shape index (κ1) is 27.8. The van der Waals surface area contributed by atoms with Crippen LogP contribution in [0.3, 0.4) is 0 Å². The largest absolute Gasteiger partial charge is 0.411 e. The average Bonchev–Trinajstić information content (AvgIpc) is 3.34. The number of hydrogen-bond donors (Lipinski definition) is 2. The van der Waals surface area contributed by atoms with Gasteiger partial charge < -0.3 is 9.73 Å². The molecular weight excluding hydrogens is 574 g/mol. The average molecular weight is 599 g/mol. The van der Waals surface area contributed by atoms with Gasteiger partial charge in [0.2, 0.25) is 21.8 Å². The third-order valence-electron chi connectivity index (χ3n) is 4.89. The summed E-state index contributed by atoms with van der Waals surface area (Å²) in [5.74, 6) is 0.380. The highest BCUT2D eigenvalue weighted by Gasteiger charge is 2.24. The number of rotatable bonds is 14. The van der Waals surface area contributed by atoms with Gasteiger partial charge in [-0.2, -0.15) is 0 Å². The number of amides is 1. The summed E-state index contributed by atoms with van der Waals surface area (Å²) in [6.07, 6.45) is 2.84. The van der Waals surface area contributed by atoms with Crippen LogP contribution in [-0.2, 0) is 14.8 Å². The number of thioether (sulfide) groups is 1. The van der Waals surface area contributed by atoms with Gasteiger partial charge >= 0.3 is 0 Å². The maximum atomic E-state index is 12.3. The lowest BCUT2D eigenvalue weighted by Crippen LogP contribution is -2.26. The Hall–Kier alpha value is -2.81. The third-order valence-corrected chi connectivity index (χ3v) is 7.75. The van der Waals surface area contributed by atoms with Crippen LogP contribution >= 0.6 is 27.7 Å². The number of para-hydroxylation sites is 1. The fourth-order valence-corrected chi connectivity index (χ4v) is 5.21. The van der Waals surface area contributed by atoms with Crippen molar-refractivity contribution in [3.05, 3.63) is 63.1 Å². The molecule has 0 saturated heterocycles. The Balaban J connectivity index is 1.27. The van der Waals surface area contributed by atoms with Gasteiger partial charge in [-0.05, 0) is 43.2 Å². The molecule has 0 unspecified atom stereocenters. The second kappa shape index (κ2) is 13.5. The topological polar surface area (TPSA) is 157 Å². The Morgan fingerprint density at radius 2 is 1.72 bits per heavy atom. The Bertz CT molecular complexity index is 1280. The normalized spacial score (nSPS) is 11.4. The number of sulfonamides is 1. The number of unbranched alkanes of at least 4 members (excludes halogenated alkanes) is 3. The van der Waals surface area contributed by atoms with Crippen LogP contribution in [0.5, 0.6) is 0 Å². The molecule has 0 aliphatic carbocycles. The van der Waals surface area contributed by atoms with Crippen LogP contribution in [0.4, 0.5) is 5.69 Å². The molecule has 11 nitrogen and oxygen atoms in total. The van der Waals surface area contributed by atoms with Crippen molar-refractivity contribution >= 4 is 49.3 Å². The monoisotopic (exact) mass is 597 g/mol. The van der Waals surface area contributed by atoms with E-state index in [-0.39, 0.29) is 23.1 Å². The summed E-state index contributed by atoms with van der Waals surface area (Å²) in [4.78, 5) is 22.0. The number of carbonyl (C=O) groups is 1. The van der Waals surface area contributed by atoms with E-state index in [9.17, 15) is 23.3 Å². The van der Waals surface area contributed by atoms with Crippen molar-refractivity contribution in [2.24, 2.45) is 0 Å². The maximum absolute atomic E-state index is 12.3. The van der Waals surface area contributed by atoms with E-state index in [0.717, 1.165) is 47.1 Å². The Morgan fingerprint density at radius 1 is 1.03 bits per heavy atom. The minimum atomic E-state index is -3.96. The van der Waals surface area contributed by atoms with E-state index in [1.54, 1.807) is 0 Å². The highest BCUT2D eigenvalue weighted by atomic mass is 79.9. The van der Waals surface area contributed by atoms with Gasteiger partial charge in [0.1, 0.15) is 0 Å². The fraction of sp³-hybridized carbons (Fsp3) is 0.318.